The molecule has 1 atom stereocenters. The fraction of sp³-hybridized carbons (Fsp3) is 0.538. The Kier molecular flexibility index (Phi) is 4.63. The van der Waals surface area contributed by atoms with Crippen molar-refractivity contribution in [3.05, 3.63) is 29.8 Å². The van der Waals surface area contributed by atoms with Gasteiger partial charge >= 0.3 is 0 Å². The van der Waals surface area contributed by atoms with E-state index >= 15 is 0 Å². The molecule has 2 heteroatoms. The summed E-state index contributed by atoms with van der Waals surface area (Å²) in [4.78, 5) is 2.23. The molecule has 0 radical (unpaired) electrons. The van der Waals surface area contributed by atoms with Crippen LogP contribution >= 0.6 is 0 Å². The largest absolute Gasteiger partial charge is 0.497 e. The monoisotopic (exact) mass is 207 g/mol. The normalized spacial score (nSPS) is 12.9. The standard InChI is InChI=1S/C13H21NO/c1-11(10-14(2)3)8-12-6-5-7-13(9-12)15-4/h5-7,9,11H,8,10H2,1-4H3/t11-/m0/s1. The Morgan fingerprint density at radius 3 is 2.67 bits per heavy atom. The van der Waals surface area contributed by atoms with Crippen LogP contribution in [0.5, 0.6) is 5.75 Å². The number of methoxy groups -OCH3 is 1. The first kappa shape index (κ1) is 12.1. The van der Waals surface area contributed by atoms with E-state index in [2.05, 4.69) is 44.1 Å². The van der Waals surface area contributed by atoms with Gasteiger partial charge in [-0.2, -0.15) is 0 Å². The maximum absolute atomic E-state index is 5.21. The number of rotatable bonds is 5. The van der Waals surface area contributed by atoms with Gasteiger partial charge in [-0.1, -0.05) is 19.1 Å². The third-order valence-electron chi connectivity index (χ3n) is 2.40. The van der Waals surface area contributed by atoms with E-state index in [1.165, 1.54) is 5.56 Å². The van der Waals surface area contributed by atoms with Crippen LogP contribution in [-0.4, -0.2) is 32.6 Å². The summed E-state index contributed by atoms with van der Waals surface area (Å²) in [6.45, 7) is 3.40. The van der Waals surface area contributed by atoms with Crippen molar-refractivity contribution >= 4 is 0 Å². The Morgan fingerprint density at radius 1 is 1.33 bits per heavy atom. The Labute approximate surface area is 92.9 Å². The lowest BCUT2D eigenvalue weighted by Gasteiger charge is -2.17. The molecule has 0 fully saturated rings. The molecule has 0 amide bonds. The fourth-order valence-corrected chi connectivity index (χ4v) is 1.89. The van der Waals surface area contributed by atoms with E-state index in [-0.39, 0.29) is 0 Å². The van der Waals surface area contributed by atoms with Crippen LogP contribution < -0.4 is 4.74 Å². The molecule has 0 aliphatic rings. The summed E-state index contributed by atoms with van der Waals surface area (Å²) in [6.07, 6.45) is 1.11. The van der Waals surface area contributed by atoms with Crippen LogP contribution in [0.4, 0.5) is 0 Å². The van der Waals surface area contributed by atoms with Crippen LogP contribution in [0.3, 0.4) is 0 Å². The van der Waals surface area contributed by atoms with Crippen LogP contribution in [0.15, 0.2) is 24.3 Å². The van der Waals surface area contributed by atoms with Gasteiger partial charge in [0.25, 0.3) is 0 Å². The average molecular weight is 207 g/mol. The molecule has 1 rings (SSSR count). The van der Waals surface area contributed by atoms with E-state index in [1.807, 2.05) is 6.07 Å². The molecule has 0 saturated heterocycles. The van der Waals surface area contributed by atoms with Gasteiger partial charge in [0, 0.05) is 6.54 Å². The van der Waals surface area contributed by atoms with Gasteiger partial charge in [0.1, 0.15) is 5.75 Å². The second-order valence-electron chi connectivity index (χ2n) is 4.42. The highest BCUT2D eigenvalue weighted by atomic mass is 16.5. The highest BCUT2D eigenvalue weighted by Crippen LogP contribution is 2.16. The zero-order valence-electron chi connectivity index (χ0n) is 10.2. The van der Waals surface area contributed by atoms with E-state index in [1.54, 1.807) is 7.11 Å². The number of ether oxygens (including phenoxy) is 1. The number of hydrogen-bond acceptors (Lipinski definition) is 2. The van der Waals surface area contributed by atoms with Crippen molar-refractivity contribution in [3.63, 3.8) is 0 Å². The van der Waals surface area contributed by atoms with Gasteiger partial charge in [0.05, 0.1) is 7.11 Å². The molecule has 0 aliphatic carbocycles. The van der Waals surface area contributed by atoms with Gasteiger partial charge in [-0.15, -0.1) is 0 Å². The molecule has 0 heterocycles. The molecule has 1 aromatic rings. The summed E-state index contributed by atoms with van der Waals surface area (Å²) in [5.41, 5.74) is 1.35. The van der Waals surface area contributed by atoms with Gasteiger partial charge in [0.15, 0.2) is 0 Å². The molecule has 0 unspecified atom stereocenters. The lowest BCUT2D eigenvalue weighted by atomic mass is 10.0. The predicted octanol–water partition coefficient (Wildman–Crippen LogP) is 2.44. The van der Waals surface area contributed by atoms with E-state index < -0.39 is 0 Å². The van der Waals surface area contributed by atoms with Crippen molar-refractivity contribution in [2.45, 2.75) is 13.3 Å². The van der Waals surface area contributed by atoms with Crippen molar-refractivity contribution in [1.29, 1.82) is 0 Å². The summed E-state index contributed by atoms with van der Waals surface area (Å²) in [7, 11) is 5.94. The van der Waals surface area contributed by atoms with Crippen LogP contribution in [0.1, 0.15) is 12.5 Å². The molecule has 0 N–H and O–H groups in total. The lowest BCUT2D eigenvalue weighted by Crippen LogP contribution is -2.21. The summed E-state index contributed by atoms with van der Waals surface area (Å²) in [6, 6.07) is 8.32. The first-order valence-electron chi connectivity index (χ1n) is 5.39. The summed E-state index contributed by atoms with van der Waals surface area (Å²) < 4.78 is 5.21. The number of benzene rings is 1. The molecule has 1 aromatic carbocycles. The van der Waals surface area contributed by atoms with Crippen LogP contribution in [-0.2, 0) is 6.42 Å². The lowest BCUT2D eigenvalue weighted by molar-refractivity contribution is 0.338. The van der Waals surface area contributed by atoms with E-state index in [0.717, 1.165) is 18.7 Å². The van der Waals surface area contributed by atoms with Crippen molar-refractivity contribution in [1.82, 2.24) is 4.90 Å². The highest BCUT2D eigenvalue weighted by molar-refractivity contribution is 5.28. The minimum Gasteiger partial charge on any atom is -0.497 e. The van der Waals surface area contributed by atoms with Crippen molar-refractivity contribution < 1.29 is 4.74 Å². The Hall–Kier alpha value is -1.02. The minimum atomic E-state index is 0.673. The summed E-state index contributed by atoms with van der Waals surface area (Å²) in [5, 5.41) is 0. The maximum Gasteiger partial charge on any atom is 0.119 e. The van der Waals surface area contributed by atoms with E-state index in [9.17, 15) is 0 Å². The molecule has 0 bridgehead atoms. The Balaban J connectivity index is 2.55. The molecular formula is C13H21NO. The molecule has 0 aromatic heterocycles. The average Bonchev–Trinajstić information content (AvgIpc) is 2.16. The molecular weight excluding hydrogens is 186 g/mol. The summed E-state index contributed by atoms with van der Waals surface area (Å²) >= 11 is 0. The Morgan fingerprint density at radius 2 is 2.07 bits per heavy atom. The molecule has 2 nitrogen and oxygen atoms in total. The zero-order valence-corrected chi connectivity index (χ0v) is 10.2. The first-order valence-corrected chi connectivity index (χ1v) is 5.39. The third kappa shape index (κ3) is 4.34. The third-order valence-corrected chi connectivity index (χ3v) is 2.40. The van der Waals surface area contributed by atoms with Crippen molar-refractivity contribution in [3.8, 4) is 5.75 Å². The maximum atomic E-state index is 5.21. The Bertz CT molecular complexity index is 296. The molecule has 15 heavy (non-hydrogen) atoms. The van der Waals surface area contributed by atoms with E-state index in [4.69, 9.17) is 4.74 Å². The van der Waals surface area contributed by atoms with Gasteiger partial charge in [-0.3, -0.25) is 0 Å². The second kappa shape index (κ2) is 5.76. The molecule has 0 aliphatic heterocycles. The van der Waals surface area contributed by atoms with E-state index in [0.29, 0.717) is 5.92 Å². The second-order valence-corrected chi connectivity index (χ2v) is 4.42. The molecule has 0 saturated carbocycles. The smallest absolute Gasteiger partial charge is 0.119 e. The predicted molar refractivity (Wildman–Crippen MR) is 64.4 cm³/mol. The van der Waals surface area contributed by atoms with Crippen LogP contribution in [0, 0.1) is 5.92 Å². The topological polar surface area (TPSA) is 12.5 Å². The number of hydrogen-bond donors (Lipinski definition) is 0. The summed E-state index contributed by atoms with van der Waals surface area (Å²) in [5.74, 6) is 1.62. The molecule has 0 spiro atoms. The number of nitrogens with zero attached hydrogens (tertiary/aromatic N) is 1. The quantitative estimate of drug-likeness (QED) is 0.735. The fourth-order valence-electron chi connectivity index (χ4n) is 1.89. The van der Waals surface area contributed by atoms with Crippen molar-refractivity contribution in [2.24, 2.45) is 5.92 Å². The first-order chi connectivity index (χ1) is 7.11. The van der Waals surface area contributed by atoms with Gasteiger partial charge in [-0.25, -0.2) is 0 Å². The van der Waals surface area contributed by atoms with Crippen LogP contribution in [0.2, 0.25) is 0 Å². The van der Waals surface area contributed by atoms with Gasteiger partial charge < -0.3 is 9.64 Å². The zero-order chi connectivity index (χ0) is 11.3. The van der Waals surface area contributed by atoms with Crippen LogP contribution in [0.25, 0.3) is 0 Å². The van der Waals surface area contributed by atoms with Gasteiger partial charge in [0.2, 0.25) is 0 Å². The van der Waals surface area contributed by atoms with Crippen molar-refractivity contribution in [2.75, 3.05) is 27.7 Å². The van der Waals surface area contributed by atoms with Gasteiger partial charge in [-0.05, 0) is 44.1 Å². The SMILES string of the molecule is COc1cccc(C[C@H](C)CN(C)C)c1. The highest BCUT2D eigenvalue weighted by Gasteiger charge is 2.05. The minimum absolute atomic E-state index is 0.673. The molecule has 84 valence electrons.